The fraction of sp³-hybridized carbons (Fsp3) is 0.550. The van der Waals surface area contributed by atoms with Gasteiger partial charge in [0.05, 0.1) is 6.54 Å². The van der Waals surface area contributed by atoms with Crippen LogP contribution < -0.4 is 0 Å². The fourth-order valence-electron chi connectivity index (χ4n) is 6.49. The lowest BCUT2D eigenvalue weighted by atomic mass is 10.0. The molecule has 3 aromatic rings. The monoisotopic (exact) mass is 554 g/mol. The first kappa shape index (κ1) is 33.1. The summed E-state index contributed by atoms with van der Waals surface area (Å²) in [6.45, 7) is 6.80. The third-order valence-corrected chi connectivity index (χ3v) is 8.82. The van der Waals surface area contributed by atoms with Gasteiger partial charge in [0.2, 0.25) is 0 Å². The van der Waals surface area contributed by atoms with Crippen molar-refractivity contribution in [3.8, 4) is 0 Å². The molecule has 0 radical (unpaired) electrons. The second-order valence-electron chi connectivity index (χ2n) is 12.7. The van der Waals surface area contributed by atoms with Crippen molar-refractivity contribution >= 4 is 0 Å². The smallest absolute Gasteiger partial charge is 0.105 e. The Kier molecular flexibility index (Phi) is 17.2. The van der Waals surface area contributed by atoms with E-state index in [9.17, 15) is 0 Å². The Balaban J connectivity index is 1.39. The molecule has 1 heteroatoms. The summed E-state index contributed by atoms with van der Waals surface area (Å²) in [5.74, 6) is 0. The molecule has 0 aromatic heterocycles. The summed E-state index contributed by atoms with van der Waals surface area (Å²) >= 11 is 0. The van der Waals surface area contributed by atoms with Gasteiger partial charge in [-0.2, -0.15) is 0 Å². The van der Waals surface area contributed by atoms with Crippen molar-refractivity contribution in [3.63, 3.8) is 0 Å². The topological polar surface area (TPSA) is 0 Å². The maximum absolute atomic E-state index is 2.32. The maximum Gasteiger partial charge on any atom is 0.105 e. The molecule has 0 aliphatic heterocycles. The summed E-state index contributed by atoms with van der Waals surface area (Å²) in [7, 11) is 0. The van der Waals surface area contributed by atoms with Crippen molar-refractivity contribution in [2.45, 2.75) is 136 Å². The van der Waals surface area contributed by atoms with E-state index >= 15 is 0 Å². The maximum atomic E-state index is 2.32. The van der Waals surface area contributed by atoms with Crippen molar-refractivity contribution < 1.29 is 4.48 Å². The van der Waals surface area contributed by atoms with Crippen LogP contribution in [0.15, 0.2) is 91.0 Å². The Morgan fingerprint density at radius 1 is 0.341 bits per heavy atom. The van der Waals surface area contributed by atoms with Gasteiger partial charge in [-0.3, -0.25) is 0 Å². The molecule has 0 spiro atoms. The van der Waals surface area contributed by atoms with Gasteiger partial charge in [-0.25, -0.2) is 0 Å². The quantitative estimate of drug-likeness (QED) is 0.0763. The van der Waals surface area contributed by atoms with E-state index in [2.05, 4.69) is 97.9 Å². The van der Waals surface area contributed by atoms with Crippen molar-refractivity contribution in [2.75, 3.05) is 6.54 Å². The number of nitrogens with zero attached hydrogens (tertiary/aromatic N) is 1. The molecule has 3 aromatic carbocycles. The van der Waals surface area contributed by atoms with Crippen molar-refractivity contribution in [1.29, 1.82) is 0 Å². The number of quaternary nitrogens is 1. The SMILES string of the molecule is CCCCCCCCCCCCCCCCCCC[N+](Cc1ccccc1)(Cc1ccccc1)Cc1ccccc1. The van der Waals surface area contributed by atoms with Gasteiger partial charge in [0.1, 0.15) is 19.6 Å². The zero-order valence-corrected chi connectivity index (χ0v) is 26.5. The summed E-state index contributed by atoms with van der Waals surface area (Å²) in [6, 6.07) is 33.5. The second kappa shape index (κ2) is 21.3. The molecular weight excluding hydrogens is 494 g/mol. The minimum absolute atomic E-state index is 1.09. The summed E-state index contributed by atoms with van der Waals surface area (Å²) in [4.78, 5) is 0. The van der Waals surface area contributed by atoms with E-state index in [1.54, 1.807) is 0 Å². The first-order valence-electron chi connectivity index (χ1n) is 17.3. The Hall–Kier alpha value is -2.38. The summed E-state index contributed by atoms with van der Waals surface area (Å²) in [5.41, 5.74) is 4.35. The van der Waals surface area contributed by atoms with Gasteiger partial charge in [0, 0.05) is 16.7 Å². The number of unbranched alkanes of at least 4 members (excludes halogenated alkanes) is 16. The van der Waals surface area contributed by atoms with E-state index in [0.29, 0.717) is 0 Å². The zero-order chi connectivity index (χ0) is 28.7. The lowest BCUT2D eigenvalue weighted by Crippen LogP contribution is -2.46. The average molecular weight is 555 g/mol. The standard InChI is InChI=1S/C40H60N/c1-2-3-4-5-6-7-8-9-10-11-12-13-14-15-16-17-27-34-41(35-38-28-21-18-22-29-38,36-39-30-23-19-24-31-39)37-40-32-25-20-26-33-40/h18-26,28-33H,2-17,27,34-37H2,1H3/q+1. The number of rotatable bonds is 24. The summed E-state index contributed by atoms with van der Waals surface area (Å²) < 4.78 is 1.09. The predicted octanol–water partition coefficient (Wildman–Crippen LogP) is 12.1. The molecule has 0 fully saturated rings. The minimum atomic E-state index is 1.09. The molecule has 0 atom stereocenters. The minimum Gasteiger partial charge on any atom is -0.312 e. The van der Waals surface area contributed by atoms with Crippen LogP contribution in [-0.4, -0.2) is 11.0 Å². The Morgan fingerprint density at radius 2 is 0.610 bits per heavy atom. The van der Waals surface area contributed by atoms with E-state index in [1.165, 1.54) is 132 Å². The van der Waals surface area contributed by atoms with Crippen LogP contribution in [0.1, 0.15) is 133 Å². The molecule has 0 saturated carbocycles. The molecular formula is C40H60N+. The van der Waals surface area contributed by atoms with Gasteiger partial charge in [-0.15, -0.1) is 0 Å². The third kappa shape index (κ3) is 14.9. The highest BCUT2D eigenvalue weighted by atomic mass is 15.3. The van der Waals surface area contributed by atoms with Crippen molar-refractivity contribution in [1.82, 2.24) is 0 Å². The predicted molar refractivity (Wildman–Crippen MR) is 180 cm³/mol. The molecule has 0 unspecified atom stereocenters. The first-order valence-corrected chi connectivity index (χ1v) is 17.3. The highest BCUT2D eigenvalue weighted by Gasteiger charge is 2.28. The number of hydrogen-bond acceptors (Lipinski definition) is 0. The molecule has 0 amide bonds. The lowest BCUT2D eigenvalue weighted by molar-refractivity contribution is -0.966. The molecule has 224 valence electrons. The molecule has 0 saturated heterocycles. The largest absolute Gasteiger partial charge is 0.312 e. The highest BCUT2D eigenvalue weighted by molar-refractivity contribution is 5.17. The molecule has 0 heterocycles. The molecule has 0 N–H and O–H groups in total. The summed E-state index contributed by atoms with van der Waals surface area (Å²) in [6.07, 6.45) is 24.2. The van der Waals surface area contributed by atoms with E-state index < -0.39 is 0 Å². The fourth-order valence-corrected chi connectivity index (χ4v) is 6.49. The van der Waals surface area contributed by atoms with Gasteiger partial charge < -0.3 is 4.48 Å². The van der Waals surface area contributed by atoms with E-state index in [1.807, 2.05) is 0 Å². The van der Waals surface area contributed by atoms with E-state index in [4.69, 9.17) is 0 Å². The van der Waals surface area contributed by atoms with Crippen molar-refractivity contribution in [2.24, 2.45) is 0 Å². The first-order chi connectivity index (χ1) is 20.3. The Labute approximate surface area is 254 Å². The van der Waals surface area contributed by atoms with Crippen LogP contribution in [0.25, 0.3) is 0 Å². The van der Waals surface area contributed by atoms with Gasteiger partial charge >= 0.3 is 0 Å². The lowest BCUT2D eigenvalue weighted by Gasteiger charge is -2.39. The average Bonchev–Trinajstić information content (AvgIpc) is 3.00. The molecule has 3 rings (SSSR count). The van der Waals surface area contributed by atoms with Crippen LogP contribution in [-0.2, 0) is 19.6 Å². The van der Waals surface area contributed by atoms with Crippen molar-refractivity contribution in [3.05, 3.63) is 108 Å². The second-order valence-corrected chi connectivity index (χ2v) is 12.7. The van der Waals surface area contributed by atoms with Crippen LogP contribution in [0.4, 0.5) is 0 Å². The highest BCUT2D eigenvalue weighted by Crippen LogP contribution is 2.26. The molecule has 0 aliphatic carbocycles. The normalized spacial score (nSPS) is 11.6. The van der Waals surface area contributed by atoms with Crippen LogP contribution in [0.5, 0.6) is 0 Å². The van der Waals surface area contributed by atoms with Gasteiger partial charge in [0.25, 0.3) is 0 Å². The Bertz CT molecular complexity index is 880. The van der Waals surface area contributed by atoms with Crippen LogP contribution in [0.2, 0.25) is 0 Å². The molecule has 0 bridgehead atoms. The third-order valence-electron chi connectivity index (χ3n) is 8.82. The van der Waals surface area contributed by atoms with Gasteiger partial charge in [0.15, 0.2) is 0 Å². The van der Waals surface area contributed by atoms with Gasteiger partial charge in [-0.05, 0) is 12.8 Å². The van der Waals surface area contributed by atoms with Crippen LogP contribution in [0, 0.1) is 0 Å². The van der Waals surface area contributed by atoms with Crippen LogP contribution in [0.3, 0.4) is 0 Å². The number of hydrogen-bond donors (Lipinski definition) is 0. The summed E-state index contributed by atoms with van der Waals surface area (Å²) in [5, 5.41) is 0. The van der Waals surface area contributed by atoms with E-state index in [-0.39, 0.29) is 0 Å². The molecule has 1 nitrogen and oxygen atoms in total. The Morgan fingerprint density at radius 3 is 0.902 bits per heavy atom. The zero-order valence-electron chi connectivity index (χ0n) is 26.5. The molecule has 41 heavy (non-hydrogen) atoms. The van der Waals surface area contributed by atoms with Crippen LogP contribution >= 0.6 is 0 Å². The van der Waals surface area contributed by atoms with Gasteiger partial charge in [-0.1, -0.05) is 194 Å². The van der Waals surface area contributed by atoms with E-state index in [0.717, 1.165) is 24.1 Å². The molecule has 0 aliphatic rings. The number of benzene rings is 3.